The SMILES string of the molecule is CC(=O)Oc1ccc(C#Cc2ccc(OC(C)=O)cc2)cc1. The van der Waals surface area contributed by atoms with Crippen molar-refractivity contribution in [1.29, 1.82) is 0 Å². The van der Waals surface area contributed by atoms with Crippen LogP contribution in [0.1, 0.15) is 25.0 Å². The van der Waals surface area contributed by atoms with Gasteiger partial charge in [0.05, 0.1) is 0 Å². The van der Waals surface area contributed by atoms with Crippen LogP contribution in [-0.2, 0) is 9.59 Å². The second kappa shape index (κ2) is 7.09. The van der Waals surface area contributed by atoms with Gasteiger partial charge in [-0.2, -0.15) is 0 Å². The van der Waals surface area contributed by atoms with Crippen molar-refractivity contribution in [3.63, 3.8) is 0 Å². The molecule has 2 aromatic rings. The fourth-order valence-corrected chi connectivity index (χ4v) is 1.69. The molecule has 0 N–H and O–H groups in total. The van der Waals surface area contributed by atoms with Gasteiger partial charge in [-0.3, -0.25) is 9.59 Å². The number of esters is 2. The molecule has 22 heavy (non-hydrogen) atoms. The highest BCUT2D eigenvalue weighted by Gasteiger charge is 1.98. The maximum absolute atomic E-state index is 10.8. The molecule has 0 fully saturated rings. The Labute approximate surface area is 128 Å². The van der Waals surface area contributed by atoms with Crippen LogP contribution in [0.3, 0.4) is 0 Å². The average Bonchev–Trinajstić information content (AvgIpc) is 2.47. The van der Waals surface area contributed by atoms with Crippen LogP contribution in [0.2, 0.25) is 0 Å². The van der Waals surface area contributed by atoms with E-state index in [-0.39, 0.29) is 11.9 Å². The van der Waals surface area contributed by atoms with E-state index < -0.39 is 0 Å². The minimum absolute atomic E-state index is 0.355. The van der Waals surface area contributed by atoms with Gasteiger partial charge in [-0.25, -0.2) is 0 Å². The number of carbonyl (C=O) groups is 2. The highest BCUT2D eigenvalue weighted by Crippen LogP contribution is 2.13. The molecule has 0 aliphatic rings. The number of rotatable bonds is 2. The van der Waals surface area contributed by atoms with Crippen LogP contribution < -0.4 is 9.47 Å². The van der Waals surface area contributed by atoms with Crippen LogP contribution in [0.5, 0.6) is 11.5 Å². The smallest absolute Gasteiger partial charge is 0.308 e. The van der Waals surface area contributed by atoms with E-state index in [1.54, 1.807) is 48.5 Å². The Morgan fingerprint density at radius 1 is 0.682 bits per heavy atom. The highest BCUT2D eigenvalue weighted by molar-refractivity contribution is 5.69. The molecule has 0 aliphatic carbocycles. The summed E-state index contributed by atoms with van der Waals surface area (Å²) < 4.78 is 9.90. The molecule has 0 saturated carbocycles. The Kier molecular flexibility index (Phi) is 4.94. The Bertz CT molecular complexity index is 668. The molecular weight excluding hydrogens is 280 g/mol. The Morgan fingerprint density at radius 2 is 1.00 bits per heavy atom. The summed E-state index contributed by atoms with van der Waals surface area (Å²) >= 11 is 0. The fraction of sp³-hybridized carbons (Fsp3) is 0.111. The molecular formula is C18H14O4. The summed E-state index contributed by atoms with van der Waals surface area (Å²) in [5.74, 6) is 6.28. The summed E-state index contributed by atoms with van der Waals surface area (Å²) in [5.41, 5.74) is 1.61. The van der Waals surface area contributed by atoms with E-state index in [9.17, 15) is 9.59 Å². The predicted molar refractivity (Wildman–Crippen MR) is 81.5 cm³/mol. The maximum Gasteiger partial charge on any atom is 0.308 e. The topological polar surface area (TPSA) is 52.6 Å². The van der Waals surface area contributed by atoms with Crippen molar-refractivity contribution in [1.82, 2.24) is 0 Å². The number of hydrogen-bond acceptors (Lipinski definition) is 4. The zero-order valence-electron chi connectivity index (χ0n) is 12.3. The normalized spacial score (nSPS) is 9.36. The Morgan fingerprint density at radius 3 is 1.27 bits per heavy atom. The van der Waals surface area contributed by atoms with E-state index in [4.69, 9.17) is 9.47 Å². The highest BCUT2D eigenvalue weighted by atomic mass is 16.5. The van der Waals surface area contributed by atoms with E-state index >= 15 is 0 Å². The van der Waals surface area contributed by atoms with Crippen LogP contribution in [0, 0.1) is 11.8 Å². The van der Waals surface area contributed by atoms with Crippen molar-refractivity contribution in [3.8, 4) is 23.3 Å². The lowest BCUT2D eigenvalue weighted by atomic mass is 10.2. The predicted octanol–water partition coefficient (Wildman–Crippen LogP) is 2.94. The molecule has 0 aromatic heterocycles. The number of carbonyl (C=O) groups excluding carboxylic acids is 2. The van der Waals surface area contributed by atoms with Crippen LogP contribution in [0.25, 0.3) is 0 Å². The molecule has 0 radical (unpaired) electrons. The molecule has 0 heterocycles. The molecule has 2 rings (SSSR count). The van der Waals surface area contributed by atoms with Gasteiger partial charge in [-0.05, 0) is 48.5 Å². The lowest BCUT2D eigenvalue weighted by Crippen LogP contribution is -2.00. The van der Waals surface area contributed by atoms with Gasteiger partial charge >= 0.3 is 11.9 Å². The number of benzene rings is 2. The minimum atomic E-state index is -0.355. The first kappa shape index (κ1) is 15.3. The van der Waals surface area contributed by atoms with Gasteiger partial charge in [0.2, 0.25) is 0 Å². The van der Waals surface area contributed by atoms with E-state index in [0.29, 0.717) is 11.5 Å². The summed E-state index contributed by atoms with van der Waals surface area (Å²) in [5, 5.41) is 0. The van der Waals surface area contributed by atoms with E-state index in [2.05, 4.69) is 11.8 Å². The Hall–Kier alpha value is -3.06. The summed E-state index contributed by atoms with van der Waals surface area (Å²) in [7, 11) is 0. The van der Waals surface area contributed by atoms with E-state index in [1.807, 2.05) is 0 Å². The van der Waals surface area contributed by atoms with E-state index in [1.165, 1.54) is 13.8 Å². The first-order chi connectivity index (χ1) is 10.5. The van der Waals surface area contributed by atoms with Gasteiger partial charge in [-0.15, -0.1) is 0 Å². The molecule has 0 saturated heterocycles. The fourth-order valence-electron chi connectivity index (χ4n) is 1.69. The zero-order valence-corrected chi connectivity index (χ0v) is 12.3. The molecule has 4 nitrogen and oxygen atoms in total. The van der Waals surface area contributed by atoms with Gasteiger partial charge in [0.15, 0.2) is 0 Å². The number of ether oxygens (including phenoxy) is 2. The van der Waals surface area contributed by atoms with Gasteiger partial charge in [-0.1, -0.05) is 11.8 Å². The van der Waals surface area contributed by atoms with E-state index in [0.717, 1.165) is 11.1 Å². The standard InChI is InChI=1S/C18H14O4/c1-13(19)21-17-9-5-15(6-10-17)3-4-16-7-11-18(12-8-16)22-14(2)20/h5-12H,1-2H3. The third-order valence-corrected chi connectivity index (χ3v) is 2.58. The third kappa shape index (κ3) is 4.80. The van der Waals surface area contributed by atoms with Crippen LogP contribution in [0.4, 0.5) is 0 Å². The molecule has 2 aromatic carbocycles. The van der Waals surface area contributed by atoms with Crippen LogP contribution >= 0.6 is 0 Å². The molecule has 0 amide bonds. The first-order valence-corrected chi connectivity index (χ1v) is 6.62. The average molecular weight is 294 g/mol. The maximum atomic E-state index is 10.8. The lowest BCUT2D eigenvalue weighted by molar-refractivity contribution is -0.132. The minimum Gasteiger partial charge on any atom is -0.427 e. The monoisotopic (exact) mass is 294 g/mol. The lowest BCUT2D eigenvalue weighted by Gasteiger charge is -2.00. The molecule has 0 spiro atoms. The summed E-state index contributed by atoms with van der Waals surface area (Å²) in [6, 6.07) is 13.9. The molecule has 0 unspecified atom stereocenters. The first-order valence-electron chi connectivity index (χ1n) is 6.62. The van der Waals surface area contributed by atoms with Crippen molar-refractivity contribution in [2.75, 3.05) is 0 Å². The van der Waals surface area contributed by atoms with Crippen molar-refractivity contribution in [3.05, 3.63) is 59.7 Å². The second-order valence-electron chi connectivity index (χ2n) is 4.49. The zero-order chi connectivity index (χ0) is 15.9. The molecule has 4 heteroatoms. The Balaban J connectivity index is 2.06. The molecule has 0 atom stereocenters. The van der Waals surface area contributed by atoms with Gasteiger partial charge in [0.1, 0.15) is 11.5 Å². The van der Waals surface area contributed by atoms with Gasteiger partial charge in [0, 0.05) is 25.0 Å². The summed E-state index contributed by atoms with van der Waals surface area (Å²) in [4.78, 5) is 21.6. The second-order valence-corrected chi connectivity index (χ2v) is 4.49. The quantitative estimate of drug-likeness (QED) is 0.485. The van der Waals surface area contributed by atoms with Crippen LogP contribution in [0.15, 0.2) is 48.5 Å². The molecule has 0 aliphatic heterocycles. The third-order valence-electron chi connectivity index (χ3n) is 2.58. The van der Waals surface area contributed by atoms with Crippen LogP contribution in [-0.4, -0.2) is 11.9 Å². The van der Waals surface area contributed by atoms with Crippen molar-refractivity contribution >= 4 is 11.9 Å². The summed E-state index contributed by atoms with van der Waals surface area (Å²) in [6.07, 6.45) is 0. The largest absolute Gasteiger partial charge is 0.427 e. The van der Waals surface area contributed by atoms with Gasteiger partial charge in [0.25, 0.3) is 0 Å². The number of hydrogen-bond donors (Lipinski definition) is 0. The van der Waals surface area contributed by atoms with Gasteiger partial charge < -0.3 is 9.47 Å². The molecule has 110 valence electrons. The van der Waals surface area contributed by atoms with Crippen molar-refractivity contribution < 1.29 is 19.1 Å². The van der Waals surface area contributed by atoms with Crippen molar-refractivity contribution in [2.24, 2.45) is 0 Å². The summed E-state index contributed by atoms with van der Waals surface area (Å²) in [6.45, 7) is 2.71. The molecule has 0 bridgehead atoms. The van der Waals surface area contributed by atoms with Crippen molar-refractivity contribution in [2.45, 2.75) is 13.8 Å².